The zero-order valence-electron chi connectivity index (χ0n) is 12.3. The predicted octanol–water partition coefficient (Wildman–Crippen LogP) is 2.31. The van der Waals surface area contributed by atoms with Crippen molar-refractivity contribution in [3.8, 4) is 0 Å². The average molecular weight is 278 g/mol. The molecule has 1 saturated heterocycles. The number of carbonyl (C=O) groups is 1. The van der Waals surface area contributed by atoms with Gasteiger partial charge in [0.05, 0.1) is 0 Å². The molecule has 20 heavy (non-hydrogen) atoms. The molecule has 0 unspecified atom stereocenters. The van der Waals surface area contributed by atoms with Crippen molar-refractivity contribution in [1.29, 1.82) is 0 Å². The molecule has 0 radical (unpaired) electrons. The first-order chi connectivity index (χ1) is 9.61. The minimum absolute atomic E-state index is 0.138. The topological polar surface area (TPSA) is 23.6 Å². The Balaban J connectivity index is 1.97. The number of amides is 1. The molecule has 1 amide bonds. The van der Waals surface area contributed by atoms with Gasteiger partial charge in [0, 0.05) is 38.6 Å². The van der Waals surface area contributed by atoms with Crippen LogP contribution in [-0.4, -0.2) is 47.9 Å². The summed E-state index contributed by atoms with van der Waals surface area (Å²) in [5.74, 6) is 0.0912. The van der Waals surface area contributed by atoms with E-state index in [1.54, 1.807) is 6.07 Å². The summed E-state index contributed by atoms with van der Waals surface area (Å²) in [6, 6.07) is 7.18. The molecule has 0 saturated carbocycles. The van der Waals surface area contributed by atoms with Gasteiger partial charge < -0.3 is 4.90 Å². The number of nitrogens with zero attached hydrogens (tertiary/aromatic N) is 2. The van der Waals surface area contributed by atoms with Gasteiger partial charge in [0.15, 0.2) is 0 Å². The normalized spacial score (nSPS) is 18.9. The molecule has 1 atom stereocenters. The Morgan fingerprint density at radius 1 is 1.25 bits per heavy atom. The number of likely N-dealkylation sites (N-methyl/N-ethyl adjacent to an activating group) is 1. The SMILES string of the molecule is CCN1CCN([C@H](C)Cc2ccccc2F)CCC1=O. The van der Waals surface area contributed by atoms with Gasteiger partial charge in [0.25, 0.3) is 0 Å². The molecule has 110 valence electrons. The number of hydrogen-bond acceptors (Lipinski definition) is 2. The van der Waals surface area contributed by atoms with E-state index < -0.39 is 0 Å². The molecular weight excluding hydrogens is 255 g/mol. The van der Waals surface area contributed by atoms with Crippen LogP contribution in [0.2, 0.25) is 0 Å². The van der Waals surface area contributed by atoms with Crippen LogP contribution >= 0.6 is 0 Å². The van der Waals surface area contributed by atoms with Crippen molar-refractivity contribution in [2.75, 3.05) is 26.2 Å². The van der Waals surface area contributed by atoms with Gasteiger partial charge in [-0.1, -0.05) is 18.2 Å². The highest BCUT2D eigenvalue weighted by Gasteiger charge is 2.23. The van der Waals surface area contributed by atoms with Gasteiger partial charge in [0.2, 0.25) is 5.91 Å². The van der Waals surface area contributed by atoms with Crippen LogP contribution in [-0.2, 0) is 11.2 Å². The third-order valence-corrected chi connectivity index (χ3v) is 4.10. The number of benzene rings is 1. The van der Waals surface area contributed by atoms with E-state index in [1.807, 2.05) is 24.0 Å². The Morgan fingerprint density at radius 3 is 2.70 bits per heavy atom. The summed E-state index contributed by atoms with van der Waals surface area (Å²) in [6.45, 7) is 7.31. The van der Waals surface area contributed by atoms with E-state index in [0.717, 1.165) is 31.7 Å². The van der Waals surface area contributed by atoms with Gasteiger partial charge in [-0.05, 0) is 31.9 Å². The van der Waals surface area contributed by atoms with E-state index in [-0.39, 0.29) is 17.8 Å². The second kappa shape index (κ2) is 6.84. The average Bonchev–Trinajstić information content (AvgIpc) is 2.63. The Hall–Kier alpha value is -1.42. The molecule has 1 aliphatic rings. The highest BCUT2D eigenvalue weighted by molar-refractivity contribution is 5.76. The first-order valence-electron chi connectivity index (χ1n) is 7.37. The van der Waals surface area contributed by atoms with Gasteiger partial charge in [-0.25, -0.2) is 4.39 Å². The summed E-state index contributed by atoms with van der Waals surface area (Å²) in [6.07, 6.45) is 1.25. The Bertz CT molecular complexity index is 464. The van der Waals surface area contributed by atoms with Crippen molar-refractivity contribution < 1.29 is 9.18 Å². The van der Waals surface area contributed by atoms with Gasteiger partial charge in [-0.15, -0.1) is 0 Å². The van der Waals surface area contributed by atoms with Gasteiger partial charge >= 0.3 is 0 Å². The molecule has 3 nitrogen and oxygen atoms in total. The highest BCUT2D eigenvalue weighted by Crippen LogP contribution is 2.15. The zero-order valence-corrected chi connectivity index (χ0v) is 12.3. The van der Waals surface area contributed by atoms with Crippen LogP contribution in [0.1, 0.15) is 25.8 Å². The lowest BCUT2D eigenvalue weighted by atomic mass is 10.1. The lowest BCUT2D eigenvalue weighted by molar-refractivity contribution is -0.130. The molecule has 1 aliphatic heterocycles. The molecule has 2 rings (SSSR count). The van der Waals surface area contributed by atoms with Crippen molar-refractivity contribution in [3.63, 3.8) is 0 Å². The van der Waals surface area contributed by atoms with Crippen LogP contribution in [0, 0.1) is 5.82 Å². The fourth-order valence-electron chi connectivity index (χ4n) is 2.77. The maximum atomic E-state index is 13.7. The molecule has 0 bridgehead atoms. The number of carbonyl (C=O) groups excluding carboxylic acids is 1. The second-order valence-electron chi connectivity index (χ2n) is 5.40. The lowest BCUT2D eigenvalue weighted by Gasteiger charge is -2.27. The highest BCUT2D eigenvalue weighted by atomic mass is 19.1. The second-order valence-corrected chi connectivity index (χ2v) is 5.40. The molecule has 1 aromatic rings. The van der Waals surface area contributed by atoms with E-state index in [1.165, 1.54) is 6.07 Å². The number of rotatable bonds is 4. The van der Waals surface area contributed by atoms with E-state index in [0.29, 0.717) is 12.8 Å². The van der Waals surface area contributed by atoms with Crippen LogP contribution in [0.25, 0.3) is 0 Å². The minimum atomic E-state index is -0.138. The fourth-order valence-corrected chi connectivity index (χ4v) is 2.77. The van der Waals surface area contributed by atoms with Crippen LogP contribution in [0.3, 0.4) is 0 Å². The third kappa shape index (κ3) is 3.57. The zero-order chi connectivity index (χ0) is 14.5. The molecule has 4 heteroatoms. The van der Waals surface area contributed by atoms with Crippen LogP contribution < -0.4 is 0 Å². The summed E-state index contributed by atoms with van der Waals surface area (Å²) >= 11 is 0. The van der Waals surface area contributed by atoms with Gasteiger partial charge in [-0.3, -0.25) is 9.69 Å². The summed E-state index contributed by atoms with van der Waals surface area (Å²) in [4.78, 5) is 16.1. The predicted molar refractivity (Wildman–Crippen MR) is 78.0 cm³/mol. The molecule has 0 N–H and O–H groups in total. The number of hydrogen-bond donors (Lipinski definition) is 0. The maximum absolute atomic E-state index is 13.7. The monoisotopic (exact) mass is 278 g/mol. The van der Waals surface area contributed by atoms with E-state index in [4.69, 9.17) is 0 Å². The molecule has 1 aromatic carbocycles. The molecule has 1 fully saturated rings. The van der Waals surface area contributed by atoms with Crippen molar-refractivity contribution in [2.45, 2.75) is 32.7 Å². The molecule has 0 aliphatic carbocycles. The fraction of sp³-hybridized carbons (Fsp3) is 0.562. The van der Waals surface area contributed by atoms with E-state index >= 15 is 0 Å². The summed E-state index contributed by atoms with van der Waals surface area (Å²) in [7, 11) is 0. The summed E-state index contributed by atoms with van der Waals surface area (Å²) < 4.78 is 13.7. The van der Waals surface area contributed by atoms with E-state index in [9.17, 15) is 9.18 Å². The standard InChI is InChI=1S/C16H23FN2O/c1-3-18-10-11-19(9-8-16(18)20)13(2)12-14-6-4-5-7-15(14)17/h4-7,13H,3,8-12H2,1-2H3/t13-/m1/s1. The van der Waals surface area contributed by atoms with Crippen LogP contribution in [0.15, 0.2) is 24.3 Å². The molecule has 1 heterocycles. The smallest absolute Gasteiger partial charge is 0.223 e. The molecule has 0 spiro atoms. The van der Waals surface area contributed by atoms with Crippen molar-refractivity contribution >= 4 is 5.91 Å². The van der Waals surface area contributed by atoms with Gasteiger partial charge in [0.1, 0.15) is 5.82 Å². The first-order valence-corrected chi connectivity index (χ1v) is 7.37. The van der Waals surface area contributed by atoms with Crippen molar-refractivity contribution in [1.82, 2.24) is 9.80 Å². The van der Waals surface area contributed by atoms with Crippen LogP contribution in [0.5, 0.6) is 0 Å². The van der Waals surface area contributed by atoms with E-state index in [2.05, 4.69) is 11.8 Å². The minimum Gasteiger partial charge on any atom is -0.342 e. The third-order valence-electron chi connectivity index (χ3n) is 4.10. The van der Waals surface area contributed by atoms with Crippen LogP contribution in [0.4, 0.5) is 4.39 Å². The summed E-state index contributed by atoms with van der Waals surface area (Å²) in [5, 5.41) is 0. The Morgan fingerprint density at radius 2 is 2.00 bits per heavy atom. The maximum Gasteiger partial charge on any atom is 0.223 e. The first kappa shape index (κ1) is 15.0. The van der Waals surface area contributed by atoms with Crippen molar-refractivity contribution in [2.24, 2.45) is 0 Å². The Kier molecular flexibility index (Phi) is 5.12. The molecule has 0 aromatic heterocycles. The Labute approximate surface area is 120 Å². The number of halogens is 1. The largest absolute Gasteiger partial charge is 0.342 e. The van der Waals surface area contributed by atoms with Crippen molar-refractivity contribution in [3.05, 3.63) is 35.6 Å². The van der Waals surface area contributed by atoms with Gasteiger partial charge in [-0.2, -0.15) is 0 Å². The molecular formula is C16H23FN2O. The summed E-state index contributed by atoms with van der Waals surface area (Å²) in [5.41, 5.74) is 0.753. The quantitative estimate of drug-likeness (QED) is 0.844. The lowest BCUT2D eigenvalue weighted by Crippen LogP contribution is -2.38.